The Kier molecular flexibility index (Phi) is 6.18. The molecule has 1 atom stereocenters. The van der Waals surface area contributed by atoms with E-state index in [2.05, 4.69) is 13.5 Å². The molecule has 0 radical (unpaired) electrons. The van der Waals surface area contributed by atoms with Gasteiger partial charge in [-0.15, -0.1) is 18.2 Å². The van der Waals surface area contributed by atoms with Crippen molar-refractivity contribution in [3.63, 3.8) is 0 Å². The summed E-state index contributed by atoms with van der Waals surface area (Å²) in [7, 11) is 0. The van der Waals surface area contributed by atoms with Crippen LogP contribution in [0.25, 0.3) is 0 Å². The highest BCUT2D eigenvalue weighted by Crippen LogP contribution is 2.08. The Morgan fingerprint density at radius 3 is 2.67 bits per heavy atom. The molecule has 0 aromatic heterocycles. The van der Waals surface area contributed by atoms with Gasteiger partial charge in [-0.25, -0.2) is 0 Å². The highest BCUT2D eigenvalue weighted by molar-refractivity contribution is 6.17. The predicted molar refractivity (Wildman–Crippen MR) is 43.9 cm³/mol. The molecule has 0 aromatic carbocycles. The first-order chi connectivity index (χ1) is 4.31. The Hall–Kier alpha value is 0.0300. The normalized spacial score (nSPS) is 13.1. The molecular formula is C8H15Cl. The topological polar surface area (TPSA) is 0 Å². The van der Waals surface area contributed by atoms with E-state index in [1.54, 1.807) is 0 Å². The third kappa shape index (κ3) is 5.91. The van der Waals surface area contributed by atoms with Gasteiger partial charge in [0.1, 0.15) is 0 Å². The maximum atomic E-state index is 5.50. The maximum Gasteiger partial charge on any atom is 0.0223 e. The van der Waals surface area contributed by atoms with Crippen LogP contribution in [-0.4, -0.2) is 5.88 Å². The minimum atomic E-state index is 0.660. The SMILES string of the molecule is C=CC(C)CCCCCl. The van der Waals surface area contributed by atoms with E-state index in [1.807, 2.05) is 6.08 Å². The number of hydrogen-bond donors (Lipinski definition) is 0. The minimum Gasteiger partial charge on any atom is -0.127 e. The monoisotopic (exact) mass is 146 g/mol. The fourth-order valence-electron chi connectivity index (χ4n) is 0.679. The summed E-state index contributed by atoms with van der Waals surface area (Å²) >= 11 is 5.50. The molecule has 0 N–H and O–H groups in total. The van der Waals surface area contributed by atoms with Crippen molar-refractivity contribution in [2.24, 2.45) is 5.92 Å². The molecular weight excluding hydrogens is 132 g/mol. The number of hydrogen-bond acceptors (Lipinski definition) is 0. The van der Waals surface area contributed by atoms with E-state index >= 15 is 0 Å². The van der Waals surface area contributed by atoms with Crippen LogP contribution < -0.4 is 0 Å². The van der Waals surface area contributed by atoms with Gasteiger partial charge >= 0.3 is 0 Å². The Morgan fingerprint density at radius 2 is 2.22 bits per heavy atom. The van der Waals surface area contributed by atoms with Gasteiger partial charge in [-0.1, -0.05) is 19.4 Å². The molecule has 0 bridgehead atoms. The van der Waals surface area contributed by atoms with E-state index in [0.717, 1.165) is 12.3 Å². The van der Waals surface area contributed by atoms with Crippen molar-refractivity contribution in [3.05, 3.63) is 12.7 Å². The smallest absolute Gasteiger partial charge is 0.0223 e. The number of halogens is 1. The van der Waals surface area contributed by atoms with Crippen LogP contribution in [-0.2, 0) is 0 Å². The van der Waals surface area contributed by atoms with Crippen LogP contribution in [0.5, 0.6) is 0 Å². The van der Waals surface area contributed by atoms with Crippen LogP contribution in [0.15, 0.2) is 12.7 Å². The van der Waals surface area contributed by atoms with Crippen molar-refractivity contribution < 1.29 is 0 Å². The van der Waals surface area contributed by atoms with Crippen molar-refractivity contribution in [2.45, 2.75) is 26.2 Å². The molecule has 0 aliphatic heterocycles. The Labute approximate surface area is 62.9 Å². The van der Waals surface area contributed by atoms with Gasteiger partial charge < -0.3 is 0 Å². The van der Waals surface area contributed by atoms with Crippen LogP contribution in [0.3, 0.4) is 0 Å². The number of allylic oxidation sites excluding steroid dienone is 1. The zero-order valence-corrected chi connectivity index (χ0v) is 6.82. The summed E-state index contributed by atoms with van der Waals surface area (Å²) in [6.45, 7) is 5.89. The molecule has 1 heteroatoms. The fourth-order valence-corrected chi connectivity index (χ4v) is 0.868. The van der Waals surface area contributed by atoms with Crippen molar-refractivity contribution in [2.75, 3.05) is 5.88 Å². The summed E-state index contributed by atoms with van der Waals surface area (Å²) < 4.78 is 0. The van der Waals surface area contributed by atoms with Crippen LogP contribution in [0, 0.1) is 5.92 Å². The number of unbranched alkanes of at least 4 members (excludes halogenated alkanes) is 1. The van der Waals surface area contributed by atoms with E-state index in [1.165, 1.54) is 12.8 Å². The van der Waals surface area contributed by atoms with Crippen molar-refractivity contribution in [1.29, 1.82) is 0 Å². The lowest BCUT2D eigenvalue weighted by Crippen LogP contribution is -1.88. The van der Waals surface area contributed by atoms with Crippen LogP contribution in [0.4, 0.5) is 0 Å². The molecule has 0 aromatic rings. The Morgan fingerprint density at radius 1 is 1.56 bits per heavy atom. The molecule has 0 rings (SSSR count). The molecule has 9 heavy (non-hydrogen) atoms. The second kappa shape index (κ2) is 6.15. The fraction of sp³-hybridized carbons (Fsp3) is 0.750. The van der Waals surface area contributed by atoms with Gasteiger partial charge in [-0.2, -0.15) is 0 Å². The summed E-state index contributed by atoms with van der Waals surface area (Å²) in [5.74, 6) is 1.46. The van der Waals surface area contributed by atoms with E-state index < -0.39 is 0 Å². The van der Waals surface area contributed by atoms with Crippen LogP contribution >= 0.6 is 11.6 Å². The summed E-state index contributed by atoms with van der Waals surface area (Å²) in [4.78, 5) is 0. The maximum absolute atomic E-state index is 5.50. The third-order valence-electron chi connectivity index (χ3n) is 1.45. The first-order valence-electron chi connectivity index (χ1n) is 3.49. The highest BCUT2D eigenvalue weighted by Gasteiger charge is 1.93. The summed E-state index contributed by atoms with van der Waals surface area (Å²) in [6.07, 6.45) is 5.60. The van der Waals surface area contributed by atoms with Crippen molar-refractivity contribution >= 4 is 11.6 Å². The van der Waals surface area contributed by atoms with E-state index in [-0.39, 0.29) is 0 Å². The first-order valence-corrected chi connectivity index (χ1v) is 4.03. The lowest BCUT2D eigenvalue weighted by Gasteiger charge is -2.02. The van der Waals surface area contributed by atoms with Gasteiger partial charge in [0, 0.05) is 5.88 Å². The second-order valence-corrected chi connectivity index (χ2v) is 2.78. The average Bonchev–Trinajstić information content (AvgIpc) is 1.89. The molecule has 0 fully saturated rings. The van der Waals surface area contributed by atoms with Gasteiger partial charge in [0.2, 0.25) is 0 Å². The van der Waals surface area contributed by atoms with Crippen molar-refractivity contribution in [1.82, 2.24) is 0 Å². The molecule has 0 spiro atoms. The van der Waals surface area contributed by atoms with Crippen LogP contribution in [0.1, 0.15) is 26.2 Å². The molecule has 0 nitrogen and oxygen atoms in total. The number of alkyl halides is 1. The lowest BCUT2D eigenvalue weighted by molar-refractivity contribution is 0.601. The molecule has 0 aliphatic rings. The molecule has 0 amide bonds. The van der Waals surface area contributed by atoms with E-state index in [9.17, 15) is 0 Å². The predicted octanol–water partition coefficient (Wildman–Crippen LogP) is 3.22. The third-order valence-corrected chi connectivity index (χ3v) is 1.71. The summed E-state index contributed by atoms with van der Waals surface area (Å²) in [5.41, 5.74) is 0. The Bertz CT molecular complexity index is 69.0. The zero-order chi connectivity index (χ0) is 7.11. The standard InChI is InChI=1S/C8H15Cl/c1-3-8(2)6-4-5-7-9/h3,8H,1,4-7H2,2H3. The highest BCUT2D eigenvalue weighted by atomic mass is 35.5. The summed E-state index contributed by atoms with van der Waals surface area (Å²) in [6, 6.07) is 0. The van der Waals surface area contributed by atoms with E-state index in [4.69, 9.17) is 11.6 Å². The van der Waals surface area contributed by atoms with Gasteiger partial charge in [0.25, 0.3) is 0 Å². The zero-order valence-electron chi connectivity index (χ0n) is 6.07. The van der Waals surface area contributed by atoms with Crippen molar-refractivity contribution in [3.8, 4) is 0 Å². The second-order valence-electron chi connectivity index (χ2n) is 2.40. The lowest BCUT2D eigenvalue weighted by atomic mass is 10.1. The summed E-state index contributed by atoms with van der Waals surface area (Å²) in [5, 5.41) is 0. The molecule has 0 aliphatic carbocycles. The molecule has 54 valence electrons. The van der Waals surface area contributed by atoms with Gasteiger partial charge in [-0.3, -0.25) is 0 Å². The quantitative estimate of drug-likeness (QED) is 0.318. The molecule has 0 saturated heterocycles. The van der Waals surface area contributed by atoms with Gasteiger partial charge in [0.05, 0.1) is 0 Å². The number of rotatable bonds is 5. The van der Waals surface area contributed by atoms with E-state index in [0.29, 0.717) is 5.92 Å². The largest absolute Gasteiger partial charge is 0.127 e. The molecule has 1 unspecified atom stereocenters. The molecule has 0 saturated carbocycles. The molecule has 0 heterocycles. The first kappa shape index (κ1) is 9.03. The average molecular weight is 147 g/mol. The van der Waals surface area contributed by atoms with Crippen LogP contribution in [0.2, 0.25) is 0 Å². The van der Waals surface area contributed by atoms with Gasteiger partial charge in [0.15, 0.2) is 0 Å². The minimum absolute atomic E-state index is 0.660. The van der Waals surface area contributed by atoms with Gasteiger partial charge in [-0.05, 0) is 18.8 Å². The Balaban J connectivity index is 2.96.